The topological polar surface area (TPSA) is 64.3 Å². The zero-order valence-corrected chi connectivity index (χ0v) is 14.9. The molecule has 5 nitrogen and oxygen atoms in total. The van der Waals surface area contributed by atoms with Gasteiger partial charge in [0, 0.05) is 6.54 Å². The summed E-state index contributed by atoms with van der Waals surface area (Å²) in [4.78, 5) is 17.3. The highest BCUT2D eigenvalue weighted by molar-refractivity contribution is 7.73. The average Bonchev–Trinajstić information content (AvgIpc) is 2.97. The minimum Gasteiger partial charge on any atom is -0.493 e. The normalized spacial score (nSPS) is 11.2. The van der Waals surface area contributed by atoms with Crippen LogP contribution in [0, 0.1) is 10.9 Å². The molecule has 0 aliphatic heterocycles. The number of aromatic nitrogens is 2. The first-order valence-corrected chi connectivity index (χ1v) is 8.77. The number of nitrogens with zero attached hydrogens (tertiary/aromatic N) is 2. The number of aryl methyl sites for hydroxylation is 1. The predicted molar refractivity (Wildman–Crippen MR) is 92.2 cm³/mol. The number of hydrogen-bond donors (Lipinski definition) is 1. The van der Waals surface area contributed by atoms with Crippen molar-refractivity contribution in [3.8, 4) is 5.88 Å². The monoisotopic (exact) mass is 356 g/mol. The number of thiazole rings is 2. The molecular weight excluding hydrogens is 340 g/mol. The summed E-state index contributed by atoms with van der Waals surface area (Å²) < 4.78 is 7.28. The minimum absolute atomic E-state index is 0.160. The average molecular weight is 356 g/mol. The Hall–Kier alpha value is -1.51. The van der Waals surface area contributed by atoms with Crippen LogP contribution in [0.25, 0.3) is 12.2 Å². The molecule has 0 aliphatic rings. The standard InChI is InChI=1S/C14H16N2O3S3/c1-4-16-12(17)9(21-14(16)20)6-7-10-15-8(3)11(22-10)13(18)19-5-2/h6-7,17H,4-5H2,1-3H3/b7-6+. The maximum Gasteiger partial charge on any atom is 0.350 e. The van der Waals surface area contributed by atoms with Gasteiger partial charge in [-0.25, -0.2) is 9.78 Å². The van der Waals surface area contributed by atoms with Gasteiger partial charge in [0.15, 0.2) is 3.95 Å². The van der Waals surface area contributed by atoms with Crippen LogP contribution in [-0.2, 0) is 11.3 Å². The predicted octanol–water partition coefficient (Wildman–Crippen LogP) is 4.12. The van der Waals surface area contributed by atoms with Crippen molar-refractivity contribution in [3.05, 3.63) is 24.4 Å². The van der Waals surface area contributed by atoms with Gasteiger partial charge in [-0.05, 0) is 45.1 Å². The Morgan fingerprint density at radius 3 is 2.73 bits per heavy atom. The lowest BCUT2D eigenvalue weighted by Gasteiger charge is -1.97. The van der Waals surface area contributed by atoms with Gasteiger partial charge in [0.1, 0.15) is 9.88 Å². The second-order valence-electron chi connectivity index (χ2n) is 4.32. The summed E-state index contributed by atoms with van der Waals surface area (Å²) in [5, 5.41) is 10.8. The van der Waals surface area contributed by atoms with Gasteiger partial charge in [-0.1, -0.05) is 0 Å². The summed E-state index contributed by atoms with van der Waals surface area (Å²) in [6.45, 7) is 6.42. The summed E-state index contributed by atoms with van der Waals surface area (Å²) in [5.41, 5.74) is 0.645. The van der Waals surface area contributed by atoms with Crippen LogP contribution in [0.15, 0.2) is 0 Å². The Balaban J connectivity index is 2.26. The van der Waals surface area contributed by atoms with Crippen molar-refractivity contribution >= 4 is 53.0 Å². The largest absolute Gasteiger partial charge is 0.493 e. The van der Waals surface area contributed by atoms with Gasteiger partial charge < -0.3 is 9.84 Å². The van der Waals surface area contributed by atoms with E-state index in [4.69, 9.17) is 17.0 Å². The number of ether oxygens (including phenoxy) is 1. The van der Waals surface area contributed by atoms with Gasteiger partial charge in [0.2, 0.25) is 5.88 Å². The molecular formula is C14H16N2O3S3. The van der Waals surface area contributed by atoms with Gasteiger partial charge in [-0.3, -0.25) is 4.57 Å². The summed E-state index contributed by atoms with van der Waals surface area (Å²) >= 11 is 7.80. The first kappa shape index (κ1) is 16.9. The third kappa shape index (κ3) is 3.45. The summed E-state index contributed by atoms with van der Waals surface area (Å²) in [6.07, 6.45) is 3.52. The quantitative estimate of drug-likeness (QED) is 0.645. The van der Waals surface area contributed by atoms with Gasteiger partial charge in [-0.2, -0.15) is 0 Å². The van der Waals surface area contributed by atoms with Gasteiger partial charge in [0.25, 0.3) is 0 Å². The molecule has 8 heteroatoms. The fourth-order valence-electron chi connectivity index (χ4n) is 1.82. The Bertz CT molecular complexity index is 771. The molecule has 0 aromatic carbocycles. The van der Waals surface area contributed by atoms with Crippen molar-refractivity contribution < 1.29 is 14.6 Å². The van der Waals surface area contributed by atoms with E-state index in [-0.39, 0.29) is 11.8 Å². The number of rotatable bonds is 5. The zero-order valence-electron chi connectivity index (χ0n) is 12.5. The fourth-order valence-corrected chi connectivity index (χ4v) is 4.02. The molecule has 0 fully saturated rings. The van der Waals surface area contributed by atoms with Crippen LogP contribution < -0.4 is 0 Å². The second-order valence-corrected chi connectivity index (χ2v) is 7.03. The van der Waals surface area contributed by atoms with Crippen molar-refractivity contribution in [3.63, 3.8) is 0 Å². The maximum absolute atomic E-state index is 11.8. The van der Waals surface area contributed by atoms with Gasteiger partial charge in [0.05, 0.1) is 17.2 Å². The Kier molecular flexibility index (Phi) is 5.49. The molecule has 2 rings (SSSR count). The lowest BCUT2D eigenvalue weighted by Crippen LogP contribution is -2.03. The molecule has 0 saturated carbocycles. The highest BCUT2D eigenvalue weighted by atomic mass is 32.1. The maximum atomic E-state index is 11.8. The molecule has 0 aliphatic carbocycles. The third-order valence-electron chi connectivity index (χ3n) is 2.86. The molecule has 1 N–H and O–H groups in total. The van der Waals surface area contributed by atoms with E-state index >= 15 is 0 Å². The van der Waals surface area contributed by atoms with Crippen molar-refractivity contribution in [2.24, 2.45) is 0 Å². The Morgan fingerprint density at radius 2 is 2.14 bits per heavy atom. The van der Waals surface area contributed by atoms with Crippen molar-refractivity contribution in [1.82, 2.24) is 9.55 Å². The number of carbonyl (C=O) groups excluding carboxylic acids is 1. The van der Waals surface area contributed by atoms with E-state index in [2.05, 4.69) is 4.98 Å². The van der Waals surface area contributed by atoms with Crippen molar-refractivity contribution in [2.75, 3.05) is 6.61 Å². The SMILES string of the molecule is CCOC(=O)c1sc(/C=C/c2sc(=S)n(CC)c2O)nc1C. The molecule has 0 spiro atoms. The van der Waals surface area contributed by atoms with E-state index in [0.717, 1.165) is 0 Å². The highest BCUT2D eigenvalue weighted by Crippen LogP contribution is 2.29. The Labute approximate surface area is 141 Å². The van der Waals surface area contributed by atoms with E-state index in [1.54, 1.807) is 30.6 Å². The van der Waals surface area contributed by atoms with Crippen molar-refractivity contribution in [1.29, 1.82) is 0 Å². The van der Waals surface area contributed by atoms with Crippen LogP contribution in [0.5, 0.6) is 5.88 Å². The molecule has 0 unspecified atom stereocenters. The summed E-state index contributed by atoms with van der Waals surface area (Å²) in [5.74, 6) is -0.194. The molecule has 2 aromatic rings. The molecule has 0 amide bonds. The first-order valence-electron chi connectivity index (χ1n) is 6.73. The van der Waals surface area contributed by atoms with Gasteiger partial charge in [-0.15, -0.1) is 22.7 Å². The lowest BCUT2D eigenvalue weighted by atomic mass is 10.4. The summed E-state index contributed by atoms with van der Waals surface area (Å²) in [6, 6.07) is 0. The van der Waals surface area contributed by atoms with Crippen LogP contribution in [0.4, 0.5) is 0 Å². The molecule has 118 valence electrons. The minimum atomic E-state index is -0.354. The molecule has 2 aromatic heterocycles. The molecule has 22 heavy (non-hydrogen) atoms. The molecule has 0 atom stereocenters. The molecule has 2 heterocycles. The van der Waals surface area contributed by atoms with E-state index in [9.17, 15) is 9.90 Å². The van der Waals surface area contributed by atoms with E-state index in [1.807, 2.05) is 6.92 Å². The summed E-state index contributed by atoms with van der Waals surface area (Å²) in [7, 11) is 0. The van der Waals surface area contributed by atoms with E-state index in [1.165, 1.54) is 22.7 Å². The number of hydrogen-bond acceptors (Lipinski definition) is 7. The Morgan fingerprint density at radius 1 is 1.41 bits per heavy atom. The van der Waals surface area contributed by atoms with Gasteiger partial charge >= 0.3 is 5.97 Å². The lowest BCUT2D eigenvalue weighted by molar-refractivity contribution is 0.0531. The van der Waals surface area contributed by atoms with Crippen LogP contribution in [0.1, 0.15) is 39.1 Å². The molecule has 0 radical (unpaired) electrons. The second kappa shape index (κ2) is 7.17. The van der Waals surface area contributed by atoms with E-state index in [0.29, 0.717) is 37.6 Å². The first-order chi connectivity index (χ1) is 10.5. The number of carbonyl (C=O) groups is 1. The number of aromatic hydroxyl groups is 1. The van der Waals surface area contributed by atoms with Crippen LogP contribution in [0.2, 0.25) is 0 Å². The molecule has 0 bridgehead atoms. The van der Waals surface area contributed by atoms with Crippen molar-refractivity contribution in [2.45, 2.75) is 27.3 Å². The molecule has 0 saturated heterocycles. The smallest absolute Gasteiger partial charge is 0.350 e. The number of esters is 1. The van der Waals surface area contributed by atoms with Crippen LogP contribution in [-0.4, -0.2) is 27.2 Å². The van der Waals surface area contributed by atoms with Crippen LogP contribution in [0.3, 0.4) is 0 Å². The third-order valence-corrected chi connectivity index (χ3v) is 5.37. The fraction of sp³-hybridized carbons (Fsp3) is 0.357. The zero-order chi connectivity index (χ0) is 16.3. The van der Waals surface area contributed by atoms with E-state index < -0.39 is 0 Å². The highest BCUT2D eigenvalue weighted by Gasteiger charge is 2.15. The van der Waals surface area contributed by atoms with Crippen LogP contribution >= 0.6 is 34.9 Å².